The molecule has 0 aliphatic heterocycles. The number of carbonyl (C=O) groups excluding carboxylic acids is 2. The Hall–Kier alpha value is -3.68. The van der Waals surface area contributed by atoms with Gasteiger partial charge < -0.3 is 10.1 Å². The van der Waals surface area contributed by atoms with Crippen molar-refractivity contribution in [2.45, 2.75) is 19.4 Å². The molecule has 1 atom stereocenters. The van der Waals surface area contributed by atoms with Gasteiger partial charge in [0.1, 0.15) is 12.1 Å². The quantitative estimate of drug-likeness (QED) is 0.678. The van der Waals surface area contributed by atoms with E-state index in [1.54, 1.807) is 55.6 Å². The maximum absolute atomic E-state index is 12.5. The molecule has 0 aliphatic rings. The van der Waals surface area contributed by atoms with Gasteiger partial charge in [0.15, 0.2) is 0 Å². The van der Waals surface area contributed by atoms with Gasteiger partial charge in [0.05, 0.1) is 30.5 Å². The number of hydrogen-bond donors (Lipinski definition) is 2. The lowest BCUT2D eigenvalue weighted by Gasteiger charge is -2.18. The Labute approximate surface area is 161 Å². The van der Waals surface area contributed by atoms with E-state index in [4.69, 9.17) is 4.74 Å². The van der Waals surface area contributed by atoms with Crippen LogP contribution in [-0.4, -0.2) is 28.6 Å². The fourth-order valence-electron chi connectivity index (χ4n) is 2.85. The zero-order valence-corrected chi connectivity index (χ0v) is 15.5. The highest BCUT2D eigenvalue weighted by molar-refractivity contribution is 5.85. The molecule has 0 bridgehead atoms. The van der Waals surface area contributed by atoms with E-state index >= 15 is 0 Å². The van der Waals surface area contributed by atoms with Gasteiger partial charge >= 0.3 is 0 Å². The standard InChI is InChI=1S/C20H20N4O4/c1-13(25)22-18(14-7-9-15(28-2)10-8-14)11-19(26)23-24-12-21-17-6-4-3-5-16(17)20(24)27/h3-10,12,18H,11H2,1-2H3,(H,22,25)(H,23,26)/t18-/m0/s1. The van der Waals surface area contributed by atoms with Crippen molar-refractivity contribution in [3.63, 3.8) is 0 Å². The molecule has 0 saturated carbocycles. The zero-order chi connectivity index (χ0) is 20.1. The number of benzene rings is 2. The van der Waals surface area contributed by atoms with E-state index in [9.17, 15) is 14.4 Å². The maximum Gasteiger partial charge on any atom is 0.280 e. The number of amides is 2. The van der Waals surface area contributed by atoms with Gasteiger partial charge in [-0.05, 0) is 29.8 Å². The van der Waals surface area contributed by atoms with E-state index in [1.165, 1.54) is 13.3 Å². The van der Waals surface area contributed by atoms with Crippen LogP contribution in [0.1, 0.15) is 24.9 Å². The average Bonchev–Trinajstić information content (AvgIpc) is 2.69. The number of nitrogens with one attached hydrogen (secondary N) is 2. The van der Waals surface area contributed by atoms with Crippen LogP contribution >= 0.6 is 0 Å². The lowest BCUT2D eigenvalue weighted by atomic mass is 10.0. The number of nitrogens with zero attached hydrogens (tertiary/aromatic N) is 2. The number of methoxy groups -OCH3 is 1. The van der Waals surface area contributed by atoms with Crippen LogP contribution in [0, 0.1) is 0 Å². The highest BCUT2D eigenvalue weighted by Gasteiger charge is 2.18. The third-order valence-corrected chi connectivity index (χ3v) is 4.20. The third-order valence-electron chi connectivity index (χ3n) is 4.20. The Morgan fingerprint density at radius 3 is 2.54 bits per heavy atom. The summed E-state index contributed by atoms with van der Waals surface area (Å²) in [6.07, 6.45) is 1.22. The molecule has 2 amide bonds. The summed E-state index contributed by atoms with van der Waals surface area (Å²) in [5.41, 5.74) is 3.44. The number of rotatable bonds is 6. The van der Waals surface area contributed by atoms with Crippen LogP contribution in [0.15, 0.2) is 59.7 Å². The second-order valence-corrected chi connectivity index (χ2v) is 6.20. The highest BCUT2D eigenvalue weighted by atomic mass is 16.5. The van der Waals surface area contributed by atoms with Crippen molar-refractivity contribution < 1.29 is 14.3 Å². The molecule has 3 rings (SSSR count). The van der Waals surface area contributed by atoms with Crippen LogP contribution in [0.4, 0.5) is 0 Å². The summed E-state index contributed by atoms with van der Waals surface area (Å²) in [5, 5.41) is 3.15. The van der Waals surface area contributed by atoms with Crippen molar-refractivity contribution in [1.82, 2.24) is 15.0 Å². The molecule has 0 unspecified atom stereocenters. The molecule has 1 aromatic heterocycles. The van der Waals surface area contributed by atoms with Gasteiger partial charge in [-0.2, -0.15) is 0 Å². The summed E-state index contributed by atoms with van der Waals surface area (Å²) in [6, 6.07) is 13.4. The Kier molecular flexibility index (Phi) is 5.69. The number of hydrogen-bond acceptors (Lipinski definition) is 5. The Balaban J connectivity index is 1.79. The molecular formula is C20H20N4O4. The van der Waals surface area contributed by atoms with Crippen LogP contribution in [0.25, 0.3) is 10.9 Å². The molecule has 8 heteroatoms. The van der Waals surface area contributed by atoms with E-state index < -0.39 is 11.9 Å². The number of fused-ring (bicyclic) bond motifs is 1. The first-order valence-electron chi connectivity index (χ1n) is 8.65. The van der Waals surface area contributed by atoms with Gasteiger partial charge in [-0.3, -0.25) is 19.8 Å². The van der Waals surface area contributed by atoms with E-state index in [1.807, 2.05) is 0 Å². The second-order valence-electron chi connectivity index (χ2n) is 6.20. The smallest absolute Gasteiger partial charge is 0.280 e. The van der Waals surface area contributed by atoms with Crippen molar-refractivity contribution in [3.05, 3.63) is 70.8 Å². The van der Waals surface area contributed by atoms with Crippen molar-refractivity contribution >= 4 is 22.7 Å². The van der Waals surface area contributed by atoms with E-state index in [0.29, 0.717) is 16.7 Å². The summed E-state index contributed by atoms with van der Waals surface area (Å²) in [6.45, 7) is 1.38. The van der Waals surface area contributed by atoms with Gasteiger partial charge in [-0.15, -0.1) is 0 Å². The predicted molar refractivity (Wildman–Crippen MR) is 105 cm³/mol. The fourth-order valence-corrected chi connectivity index (χ4v) is 2.85. The second kappa shape index (κ2) is 8.34. The van der Waals surface area contributed by atoms with Gasteiger partial charge in [0.25, 0.3) is 5.56 Å². The largest absolute Gasteiger partial charge is 0.497 e. The fraction of sp³-hybridized carbons (Fsp3) is 0.200. The van der Waals surface area contributed by atoms with Gasteiger partial charge in [0.2, 0.25) is 11.8 Å². The summed E-state index contributed by atoms with van der Waals surface area (Å²) >= 11 is 0. The van der Waals surface area contributed by atoms with Crippen LogP contribution in [0.5, 0.6) is 5.75 Å². The molecule has 1 heterocycles. The Bertz CT molecular complexity index is 1060. The molecule has 0 spiro atoms. The molecular weight excluding hydrogens is 360 g/mol. The van der Waals surface area contributed by atoms with Crippen LogP contribution < -0.4 is 21.0 Å². The average molecular weight is 380 g/mol. The van der Waals surface area contributed by atoms with Crippen molar-refractivity contribution in [2.24, 2.45) is 0 Å². The first-order chi connectivity index (χ1) is 13.5. The lowest BCUT2D eigenvalue weighted by Crippen LogP contribution is -2.36. The van der Waals surface area contributed by atoms with E-state index in [2.05, 4.69) is 15.7 Å². The molecule has 0 saturated heterocycles. The first kappa shape index (κ1) is 19.1. The maximum atomic E-state index is 12.5. The zero-order valence-electron chi connectivity index (χ0n) is 15.5. The van der Waals surface area contributed by atoms with E-state index in [0.717, 1.165) is 10.2 Å². The summed E-state index contributed by atoms with van der Waals surface area (Å²) in [4.78, 5) is 40.7. The van der Waals surface area contributed by atoms with Gasteiger partial charge in [-0.1, -0.05) is 24.3 Å². The molecule has 0 radical (unpaired) electrons. The topological polar surface area (TPSA) is 102 Å². The predicted octanol–water partition coefficient (Wildman–Crippen LogP) is 1.74. The molecule has 2 aromatic carbocycles. The third kappa shape index (κ3) is 4.35. The molecule has 144 valence electrons. The minimum absolute atomic E-state index is 0.0504. The van der Waals surface area contributed by atoms with Crippen LogP contribution in [0.3, 0.4) is 0 Å². The van der Waals surface area contributed by atoms with Crippen molar-refractivity contribution in [2.75, 3.05) is 12.5 Å². The molecule has 8 nitrogen and oxygen atoms in total. The molecule has 0 aliphatic carbocycles. The van der Waals surface area contributed by atoms with Crippen molar-refractivity contribution in [3.8, 4) is 5.75 Å². The first-order valence-corrected chi connectivity index (χ1v) is 8.65. The lowest BCUT2D eigenvalue weighted by molar-refractivity contribution is -0.120. The van der Waals surface area contributed by atoms with E-state index in [-0.39, 0.29) is 17.9 Å². The molecule has 2 N–H and O–H groups in total. The van der Waals surface area contributed by atoms with Crippen molar-refractivity contribution in [1.29, 1.82) is 0 Å². The number of ether oxygens (including phenoxy) is 1. The molecule has 28 heavy (non-hydrogen) atoms. The minimum Gasteiger partial charge on any atom is -0.497 e. The summed E-state index contributed by atoms with van der Waals surface area (Å²) in [5.74, 6) is -0.0320. The molecule has 3 aromatic rings. The minimum atomic E-state index is -0.549. The number of para-hydroxylation sites is 1. The van der Waals surface area contributed by atoms with Gasteiger partial charge in [0, 0.05) is 6.92 Å². The Morgan fingerprint density at radius 2 is 1.86 bits per heavy atom. The van der Waals surface area contributed by atoms with Gasteiger partial charge in [-0.25, -0.2) is 9.66 Å². The normalized spacial score (nSPS) is 11.6. The molecule has 0 fully saturated rings. The van der Waals surface area contributed by atoms with Crippen LogP contribution in [-0.2, 0) is 9.59 Å². The Morgan fingerprint density at radius 1 is 1.14 bits per heavy atom. The number of carbonyl (C=O) groups is 2. The number of aromatic nitrogens is 2. The summed E-state index contributed by atoms with van der Waals surface area (Å²) in [7, 11) is 1.56. The monoisotopic (exact) mass is 380 g/mol. The summed E-state index contributed by atoms with van der Waals surface area (Å²) < 4.78 is 6.17. The highest BCUT2D eigenvalue weighted by Crippen LogP contribution is 2.20. The van der Waals surface area contributed by atoms with Crippen LogP contribution in [0.2, 0.25) is 0 Å². The SMILES string of the molecule is COc1ccc([C@H](CC(=O)Nn2cnc3ccccc3c2=O)NC(C)=O)cc1.